The first kappa shape index (κ1) is 23.3. The van der Waals surface area contributed by atoms with Crippen molar-refractivity contribution in [1.29, 1.82) is 0 Å². The molecule has 0 aromatic rings. The van der Waals surface area contributed by atoms with Crippen molar-refractivity contribution in [3.8, 4) is 0 Å². The van der Waals surface area contributed by atoms with Gasteiger partial charge in [-0.1, -0.05) is 50.5 Å². The number of allylic oxidation sites excluding steroid dienone is 4. The van der Waals surface area contributed by atoms with Gasteiger partial charge >= 0.3 is 0 Å². The predicted molar refractivity (Wildman–Crippen MR) is 129 cm³/mol. The SMILES string of the molecule is CC(C)=CCC[C@@H](C)[C@H]1CC[C@H]2C3=C(CC[C@]12C)[C@@]1(C)CC[C@H](O)[C@](C)(C=O)[C@@H]1CC3. The van der Waals surface area contributed by atoms with E-state index < -0.39 is 11.5 Å². The minimum absolute atomic E-state index is 0.108. The fourth-order valence-corrected chi connectivity index (χ4v) is 9.00. The van der Waals surface area contributed by atoms with Crippen LogP contribution in [0.25, 0.3) is 0 Å². The molecule has 0 radical (unpaired) electrons. The van der Waals surface area contributed by atoms with E-state index in [0.717, 1.165) is 49.7 Å². The molecule has 0 saturated heterocycles. The molecule has 2 saturated carbocycles. The van der Waals surface area contributed by atoms with Crippen molar-refractivity contribution in [2.45, 2.75) is 112 Å². The standard InChI is InChI=1S/C29H46O2/c1-19(2)8-7-9-20(3)22-11-12-23-21-10-13-25-28(5,24(21)14-16-27(22,23)4)17-15-26(31)29(25,6)18-30/h8,18,20,22-23,25-26,31H,7,9-17H2,1-6H3/t20-,22-,23+,25-,26+,27-,28-,29-/m1/s1. The summed E-state index contributed by atoms with van der Waals surface area (Å²) in [4.78, 5) is 12.1. The fourth-order valence-electron chi connectivity index (χ4n) is 9.00. The number of carbonyl (C=O) groups is 1. The van der Waals surface area contributed by atoms with Crippen molar-refractivity contribution < 1.29 is 9.90 Å². The van der Waals surface area contributed by atoms with Crippen molar-refractivity contribution in [3.05, 3.63) is 22.8 Å². The van der Waals surface area contributed by atoms with Gasteiger partial charge in [0.25, 0.3) is 0 Å². The van der Waals surface area contributed by atoms with Gasteiger partial charge in [0.15, 0.2) is 0 Å². The van der Waals surface area contributed by atoms with Gasteiger partial charge in [-0.3, -0.25) is 0 Å². The van der Waals surface area contributed by atoms with Crippen LogP contribution >= 0.6 is 0 Å². The molecule has 0 unspecified atom stereocenters. The lowest BCUT2D eigenvalue weighted by Crippen LogP contribution is -2.55. The Kier molecular flexibility index (Phi) is 6.12. The summed E-state index contributed by atoms with van der Waals surface area (Å²) in [5, 5.41) is 10.7. The number of aliphatic hydroxyl groups is 1. The Hall–Kier alpha value is -0.890. The predicted octanol–water partition coefficient (Wildman–Crippen LogP) is 7.27. The summed E-state index contributed by atoms with van der Waals surface area (Å²) in [6.45, 7) is 14.0. The van der Waals surface area contributed by atoms with Crippen molar-refractivity contribution in [2.75, 3.05) is 0 Å². The summed E-state index contributed by atoms with van der Waals surface area (Å²) in [5.74, 6) is 2.68. The largest absolute Gasteiger partial charge is 0.392 e. The Balaban J connectivity index is 1.60. The van der Waals surface area contributed by atoms with Crippen LogP contribution in [-0.2, 0) is 4.79 Å². The molecule has 0 aromatic heterocycles. The molecule has 2 heteroatoms. The van der Waals surface area contributed by atoms with Crippen LogP contribution in [0.5, 0.6) is 0 Å². The molecule has 0 amide bonds. The van der Waals surface area contributed by atoms with Crippen LogP contribution in [0.1, 0.15) is 106 Å². The first-order valence-corrected chi connectivity index (χ1v) is 13.1. The number of fused-ring (bicyclic) bond motifs is 4. The monoisotopic (exact) mass is 426 g/mol. The van der Waals surface area contributed by atoms with Crippen molar-refractivity contribution in [2.24, 2.45) is 39.9 Å². The quantitative estimate of drug-likeness (QED) is 0.371. The van der Waals surface area contributed by atoms with Gasteiger partial charge in [0.1, 0.15) is 6.29 Å². The molecule has 4 aliphatic carbocycles. The molecule has 31 heavy (non-hydrogen) atoms. The Labute approximate surface area is 191 Å². The summed E-state index contributed by atoms with van der Waals surface area (Å²) >= 11 is 0. The maximum absolute atomic E-state index is 12.1. The van der Waals surface area contributed by atoms with Crippen molar-refractivity contribution in [3.63, 3.8) is 0 Å². The number of carbonyl (C=O) groups excluding carboxylic acids is 1. The topological polar surface area (TPSA) is 37.3 Å². The number of aliphatic hydroxyl groups excluding tert-OH is 1. The second kappa shape index (κ2) is 8.15. The third-order valence-electron chi connectivity index (χ3n) is 10.8. The van der Waals surface area contributed by atoms with E-state index in [1.54, 1.807) is 11.1 Å². The summed E-state index contributed by atoms with van der Waals surface area (Å²) < 4.78 is 0. The minimum Gasteiger partial charge on any atom is -0.392 e. The molecule has 2 nitrogen and oxygen atoms in total. The molecule has 0 spiro atoms. The molecule has 174 valence electrons. The highest BCUT2D eigenvalue weighted by Gasteiger charge is 2.60. The molecule has 0 heterocycles. The Morgan fingerprint density at radius 3 is 2.52 bits per heavy atom. The molecule has 0 bridgehead atoms. The molecule has 4 rings (SSSR count). The molecule has 2 fully saturated rings. The maximum atomic E-state index is 12.1. The molecule has 0 aromatic carbocycles. The van der Waals surface area contributed by atoms with Gasteiger partial charge in [0.2, 0.25) is 0 Å². The average Bonchev–Trinajstić information content (AvgIpc) is 3.08. The van der Waals surface area contributed by atoms with E-state index in [1.807, 2.05) is 6.92 Å². The zero-order valence-corrected chi connectivity index (χ0v) is 21.0. The van der Waals surface area contributed by atoms with Crippen molar-refractivity contribution >= 4 is 6.29 Å². The second-order valence-corrected chi connectivity index (χ2v) is 12.6. The van der Waals surface area contributed by atoms with Gasteiger partial charge < -0.3 is 9.90 Å². The van der Waals surface area contributed by atoms with E-state index in [-0.39, 0.29) is 5.41 Å². The number of rotatable bonds is 5. The lowest BCUT2D eigenvalue weighted by atomic mass is 9.45. The lowest BCUT2D eigenvalue weighted by Gasteiger charge is -2.59. The minimum atomic E-state index is -0.579. The normalized spacial score (nSPS) is 45.4. The number of hydrogen-bond acceptors (Lipinski definition) is 2. The van der Waals surface area contributed by atoms with E-state index in [4.69, 9.17) is 0 Å². The van der Waals surface area contributed by atoms with Gasteiger partial charge in [-0.15, -0.1) is 0 Å². The highest BCUT2D eigenvalue weighted by Crippen LogP contribution is 2.67. The second-order valence-electron chi connectivity index (χ2n) is 12.6. The van der Waals surface area contributed by atoms with E-state index in [9.17, 15) is 9.90 Å². The van der Waals surface area contributed by atoms with Gasteiger partial charge in [-0.2, -0.15) is 0 Å². The molecular weight excluding hydrogens is 380 g/mol. The van der Waals surface area contributed by atoms with E-state index >= 15 is 0 Å². The summed E-state index contributed by atoms with van der Waals surface area (Å²) in [6, 6.07) is 0. The first-order valence-electron chi connectivity index (χ1n) is 13.1. The Morgan fingerprint density at radius 1 is 1.10 bits per heavy atom. The number of aldehydes is 1. The zero-order valence-electron chi connectivity index (χ0n) is 21.0. The highest BCUT2D eigenvalue weighted by molar-refractivity contribution is 5.62. The van der Waals surface area contributed by atoms with Crippen LogP contribution in [0.2, 0.25) is 0 Å². The Bertz CT molecular complexity index is 774. The van der Waals surface area contributed by atoms with Crippen LogP contribution in [0.15, 0.2) is 22.8 Å². The Morgan fingerprint density at radius 2 is 1.84 bits per heavy atom. The summed E-state index contributed by atoms with van der Waals surface area (Å²) in [5.41, 5.74) is 4.93. The van der Waals surface area contributed by atoms with E-state index in [1.165, 1.54) is 44.1 Å². The maximum Gasteiger partial charge on any atom is 0.128 e. The van der Waals surface area contributed by atoms with Crippen LogP contribution < -0.4 is 0 Å². The highest BCUT2D eigenvalue weighted by atomic mass is 16.3. The summed E-state index contributed by atoms with van der Waals surface area (Å²) in [6.07, 6.45) is 14.9. The molecule has 4 aliphatic rings. The number of hydrogen-bond donors (Lipinski definition) is 1. The van der Waals surface area contributed by atoms with E-state index in [0.29, 0.717) is 11.3 Å². The van der Waals surface area contributed by atoms with Crippen molar-refractivity contribution in [1.82, 2.24) is 0 Å². The molecule has 8 atom stereocenters. The van der Waals surface area contributed by atoms with Crippen LogP contribution in [0.3, 0.4) is 0 Å². The van der Waals surface area contributed by atoms with Crippen LogP contribution in [-0.4, -0.2) is 17.5 Å². The molecule has 1 N–H and O–H groups in total. The summed E-state index contributed by atoms with van der Waals surface area (Å²) in [7, 11) is 0. The third kappa shape index (κ3) is 3.51. The van der Waals surface area contributed by atoms with Crippen LogP contribution in [0, 0.1) is 39.9 Å². The van der Waals surface area contributed by atoms with Gasteiger partial charge in [0.05, 0.1) is 11.5 Å². The zero-order chi connectivity index (χ0) is 22.6. The van der Waals surface area contributed by atoms with Gasteiger partial charge in [-0.25, -0.2) is 0 Å². The van der Waals surface area contributed by atoms with Gasteiger partial charge in [0, 0.05) is 0 Å². The fraction of sp³-hybridized carbons (Fsp3) is 0.828. The third-order valence-corrected chi connectivity index (χ3v) is 10.8. The lowest BCUT2D eigenvalue weighted by molar-refractivity contribution is -0.142. The average molecular weight is 427 g/mol. The molecular formula is C29H46O2. The first-order chi connectivity index (χ1) is 14.6. The smallest absolute Gasteiger partial charge is 0.128 e. The van der Waals surface area contributed by atoms with Crippen LogP contribution in [0.4, 0.5) is 0 Å². The van der Waals surface area contributed by atoms with E-state index in [2.05, 4.69) is 40.7 Å². The van der Waals surface area contributed by atoms with Gasteiger partial charge in [-0.05, 0) is 113 Å². The molecule has 0 aliphatic heterocycles.